The Bertz CT molecular complexity index is 495. The van der Waals surface area contributed by atoms with E-state index in [1.54, 1.807) is 26.2 Å². The first-order chi connectivity index (χ1) is 7.16. The zero-order valence-corrected chi connectivity index (χ0v) is 9.11. The Morgan fingerprint density at radius 1 is 1.33 bits per heavy atom. The van der Waals surface area contributed by atoms with Gasteiger partial charge in [0.25, 0.3) is 5.24 Å². The largest absolute Gasteiger partial charge is 0.339 e. The van der Waals surface area contributed by atoms with Crippen molar-refractivity contribution in [3.05, 3.63) is 18.2 Å². The number of hydrogen-bond donors (Lipinski definition) is 0. The van der Waals surface area contributed by atoms with E-state index in [-0.39, 0.29) is 5.24 Å². The number of carbonyl (C=O) groups is 1. The normalized spacial score (nSPS) is 10.5. The van der Waals surface area contributed by atoms with Crippen LogP contribution in [0.1, 0.15) is 0 Å². The fraction of sp³-hybridized carbons (Fsp3) is 0.222. The molecule has 0 saturated carbocycles. The molecule has 0 aliphatic carbocycles. The van der Waals surface area contributed by atoms with Crippen LogP contribution in [0.5, 0.6) is 0 Å². The van der Waals surface area contributed by atoms with E-state index < -0.39 is 0 Å². The van der Waals surface area contributed by atoms with E-state index in [4.69, 9.17) is 0 Å². The maximum atomic E-state index is 11.4. The van der Waals surface area contributed by atoms with E-state index in [9.17, 15) is 4.79 Å². The fourth-order valence-corrected chi connectivity index (χ4v) is 1.71. The second kappa shape index (κ2) is 3.90. The predicted octanol–water partition coefficient (Wildman–Crippen LogP) is 2.00. The first-order valence-corrected chi connectivity index (χ1v) is 5.10. The van der Waals surface area contributed by atoms with Crippen molar-refractivity contribution in [3.63, 3.8) is 0 Å². The van der Waals surface area contributed by atoms with E-state index in [0.717, 1.165) is 16.7 Å². The number of thioether (sulfide) groups is 1. The zero-order chi connectivity index (χ0) is 10.8. The number of fused-ring (bicyclic) bond motifs is 1. The number of hydrogen-bond acceptors (Lipinski definition) is 5. The molecule has 2 rings (SSSR count). The number of benzene rings is 1. The van der Waals surface area contributed by atoms with Crippen LogP contribution in [0.25, 0.3) is 11.0 Å². The van der Waals surface area contributed by atoms with Gasteiger partial charge in [0, 0.05) is 19.0 Å². The van der Waals surface area contributed by atoms with Gasteiger partial charge in [0.05, 0.1) is 0 Å². The molecule has 2 aromatic rings. The fourth-order valence-electron chi connectivity index (χ4n) is 1.02. The third-order valence-electron chi connectivity index (χ3n) is 1.80. The quantitative estimate of drug-likeness (QED) is 0.692. The molecule has 0 aliphatic rings. The van der Waals surface area contributed by atoms with Crippen molar-refractivity contribution in [2.45, 2.75) is 4.90 Å². The van der Waals surface area contributed by atoms with Crippen LogP contribution in [-0.2, 0) is 0 Å². The van der Waals surface area contributed by atoms with Gasteiger partial charge in [0.2, 0.25) is 0 Å². The second-order valence-electron chi connectivity index (χ2n) is 3.18. The predicted molar refractivity (Wildman–Crippen MR) is 56.7 cm³/mol. The van der Waals surface area contributed by atoms with Gasteiger partial charge in [0.1, 0.15) is 11.0 Å². The van der Waals surface area contributed by atoms with E-state index >= 15 is 0 Å². The molecule has 0 bridgehead atoms. The molecule has 1 amide bonds. The summed E-state index contributed by atoms with van der Waals surface area (Å²) in [6.45, 7) is 0. The van der Waals surface area contributed by atoms with E-state index in [1.165, 1.54) is 4.90 Å². The molecule has 1 aromatic carbocycles. The van der Waals surface area contributed by atoms with Crippen molar-refractivity contribution in [1.29, 1.82) is 0 Å². The smallest absolute Gasteiger partial charge is 0.285 e. The summed E-state index contributed by atoms with van der Waals surface area (Å²) in [5.41, 5.74) is 1.35. The molecule has 1 aromatic heterocycles. The van der Waals surface area contributed by atoms with Crippen LogP contribution in [0.3, 0.4) is 0 Å². The average molecular weight is 223 g/mol. The monoisotopic (exact) mass is 223 g/mol. The Balaban J connectivity index is 2.25. The van der Waals surface area contributed by atoms with Gasteiger partial charge in [-0.1, -0.05) is 0 Å². The van der Waals surface area contributed by atoms with Crippen LogP contribution >= 0.6 is 11.8 Å². The summed E-state index contributed by atoms with van der Waals surface area (Å²) >= 11 is 1.15. The SMILES string of the molecule is CN(C)C(=O)Sc1ccc2nonc2c1. The lowest BCUT2D eigenvalue weighted by Crippen LogP contribution is -2.15. The first-order valence-electron chi connectivity index (χ1n) is 4.28. The minimum atomic E-state index is -0.0224. The Hall–Kier alpha value is -1.56. The van der Waals surface area contributed by atoms with Crippen molar-refractivity contribution in [2.24, 2.45) is 0 Å². The minimum Gasteiger partial charge on any atom is -0.339 e. The molecule has 0 fully saturated rings. The van der Waals surface area contributed by atoms with Crippen molar-refractivity contribution in [2.75, 3.05) is 14.1 Å². The lowest BCUT2D eigenvalue weighted by molar-refractivity contribution is 0.241. The van der Waals surface area contributed by atoms with E-state index in [0.29, 0.717) is 11.0 Å². The minimum absolute atomic E-state index is 0.0224. The lowest BCUT2D eigenvalue weighted by Gasteiger charge is -2.08. The Morgan fingerprint density at radius 2 is 2.07 bits per heavy atom. The molecule has 1 heterocycles. The van der Waals surface area contributed by atoms with Gasteiger partial charge < -0.3 is 4.90 Å². The number of aromatic nitrogens is 2. The van der Waals surface area contributed by atoms with Crippen molar-refractivity contribution in [3.8, 4) is 0 Å². The number of nitrogens with zero attached hydrogens (tertiary/aromatic N) is 3. The topological polar surface area (TPSA) is 59.2 Å². The second-order valence-corrected chi connectivity index (χ2v) is 4.20. The first kappa shape index (κ1) is 9.97. The molecule has 78 valence electrons. The Morgan fingerprint density at radius 3 is 2.80 bits per heavy atom. The van der Waals surface area contributed by atoms with E-state index in [2.05, 4.69) is 14.9 Å². The summed E-state index contributed by atoms with van der Waals surface area (Å²) in [6, 6.07) is 5.37. The number of amides is 1. The molecular weight excluding hydrogens is 214 g/mol. The van der Waals surface area contributed by atoms with Crippen molar-refractivity contribution < 1.29 is 9.42 Å². The number of carbonyl (C=O) groups excluding carboxylic acids is 1. The third kappa shape index (κ3) is 2.10. The van der Waals surface area contributed by atoms with Crippen LogP contribution in [0.15, 0.2) is 27.7 Å². The van der Waals surface area contributed by atoms with Gasteiger partial charge in [0.15, 0.2) is 0 Å². The van der Waals surface area contributed by atoms with Gasteiger partial charge >= 0.3 is 0 Å². The average Bonchev–Trinajstić information content (AvgIpc) is 2.64. The van der Waals surface area contributed by atoms with Crippen LogP contribution in [0.2, 0.25) is 0 Å². The van der Waals surface area contributed by atoms with E-state index in [1.807, 2.05) is 6.07 Å². The highest BCUT2D eigenvalue weighted by atomic mass is 32.2. The molecule has 0 atom stereocenters. The molecule has 0 radical (unpaired) electrons. The standard InChI is InChI=1S/C9H9N3O2S/c1-12(2)9(13)15-6-3-4-7-8(5-6)11-14-10-7/h3-5H,1-2H3. The molecule has 0 spiro atoms. The van der Waals surface area contributed by atoms with Gasteiger partial charge in [-0.05, 0) is 40.3 Å². The summed E-state index contributed by atoms with van der Waals surface area (Å²) in [7, 11) is 3.43. The molecule has 5 nitrogen and oxygen atoms in total. The van der Waals surface area contributed by atoms with Crippen LogP contribution in [-0.4, -0.2) is 34.5 Å². The van der Waals surface area contributed by atoms with Gasteiger partial charge in [-0.3, -0.25) is 4.79 Å². The van der Waals surface area contributed by atoms with Crippen LogP contribution < -0.4 is 0 Å². The molecule has 6 heteroatoms. The maximum absolute atomic E-state index is 11.4. The van der Waals surface area contributed by atoms with Crippen molar-refractivity contribution in [1.82, 2.24) is 15.2 Å². The Labute approximate surface area is 90.4 Å². The molecule has 0 saturated heterocycles. The zero-order valence-electron chi connectivity index (χ0n) is 8.30. The maximum Gasteiger partial charge on any atom is 0.285 e. The summed E-state index contributed by atoms with van der Waals surface area (Å²) in [5, 5.41) is 7.37. The highest BCUT2D eigenvalue weighted by Crippen LogP contribution is 2.23. The van der Waals surface area contributed by atoms with Gasteiger partial charge in [-0.15, -0.1) is 0 Å². The molecular formula is C9H9N3O2S. The lowest BCUT2D eigenvalue weighted by atomic mass is 10.3. The third-order valence-corrected chi connectivity index (χ3v) is 2.82. The molecule has 0 N–H and O–H groups in total. The summed E-state index contributed by atoms with van der Waals surface area (Å²) < 4.78 is 4.57. The highest BCUT2D eigenvalue weighted by Gasteiger charge is 2.08. The van der Waals surface area contributed by atoms with Crippen LogP contribution in [0.4, 0.5) is 4.79 Å². The molecule has 15 heavy (non-hydrogen) atoms. The van der Waals surface area contributed by atoms with Gasteiger partial charge in [-0.25, -0.2) is 4.63 Å². The van der Waals surface area contributed by atoms with Gasteiger partial charge in [-0.2, -0.15) is 0 Å². The van der Waals surface area contributed by atoms with Crippen LogP contribution in [0, 0.1) is 0 Å². The molecule has 0 unspecified atom stereocenters. The Kier molecular flexibility index (Phi) is 2.59. The summed E-state index contributed by atoms with van der Waals surface area (Å²) in [5.74, 6) is 0. The highest BCUT2D eigenvalue weighted by molar-refractivity contribution is 8.13. The molecule has 0 aliphatic heterocycles. The number of rotatable bonds is 1. The van der Waals surface area contributed by atoms with Crippen molar-refractivity contribution >= 4 is 28.0 Å². The summed E-state index contributed by atoms with van der Waals surface area (Å²) in [4.78, 5) is 13.8. The summed E-state index contributed by atoms with van der Waals surface area (Å²) in [6.07, 6.45) is 0.